The standard InChI is InChI=1S/C18H17ClN2O2/c1-18(17(22)20-12-13-7-3-2-4-8-13)11-16(21-23-18)14-9-5-6-10-15(14)19/h2-10H,11-12H2,1H3,(H,20,22)/t18-/m0/s1. The molecular weight excluding hydrogens is 312 g/mol. The van der Waals surface area contributed by atoms with Crippen LogP contribution in [-0.2, 0) is 16.2 Å². The van der Waals surface area contributed by atoms with Gasteiger partial charge in [-0.1, -0.05) is 65.3 Å². The van der Waals surface area contributed by atoms with Gasteiger partial charge in [0.15, 0.2) is 0 Å². The van der Waals surface area contributed by atoms with Crippen LogP contribution in [0.2, 0.25) is 5.02 Å². The van der Waals surface area contributed by atoms with E-state index in [9.17, 15) is 4.79 Å². The lowest BCUT2D eigenvalue weighted by molar-refractivity contribution is -0.141. The molecule has 0 bridgehead atoms. The minimum Gasteiger partial charge on any atom is -0.379 e. The van der Waals surface area contributed by atoms with Crippen molar-refractivity contribution in [3.63, 3.8) is 0 Å². The fourth-order valence-electron chi connectivity index (χ4n) is 2.47. The molecule has 118 valence electrons. The molecule has 1 aliphatic heterocycles. The topological polar surface area (TPSA) is 50.7 Å². The number of benzene rings is 2. The summed E-state index contributed by atoms with van der Waals surface area (Å²) >= 11 is 6.18. The summed E-state index contributed by atoms with van der Waals surface area (Å²) in [5.74, 6) is -0.188. The summed E-state index contributed by atoms with van der Waals surface area (Å²) in [6.07, 6.45) is 0.386. The Balaban J connectivity index is 1.65. The van der Waals surface area contributed by atoms with Crippen LogP contribution in [0.3, 0.4) is 0 Å². The highest BCUT2D eigenvalue weighted by Gasteiger charge is 2.42. The zero-order chi connectivity index (χ0) is 16.3. The van der Waals surface area contributed by atoms with E-state index in [-0.39, 0.29) is 5.91 Å². The highest BCUT2D eigenvalue weighted by Crippen LogP contribution is 2.29. The molecule has 1 atom stereocenters. The molecule has 0 radical (unpaired) electrons. The van der Waals surface area contributed by atoms with Crippen molar-refractivity contribution in [1.82, 2.24) is 5.32 Å². The van der Waals surface area contributed by atoms with Gasteiger partial charge in [-0.2, -0.15) is 0 Å². The number of oxime groups is 1. The highest BCUT2D eigenvalue weighted by atomic mass is 35.5. The summed E-state index contributed by atoms with van der Waals surface area (Å²) in [7, 11) is 0. The predicted molar refractivity (Wildman–Crippen MR) is 90.4 cm³/mol. The summed E-state index contributed by atoms with van der Waals surface area (Å²) in [4.78, 5) is 17.9. The number of nitrogens with one attached hydrogen (secondary N) is 1. The summed E-state index contributed by atoms with van der Waals surface area (Å²) in [5.41, 5.74) is 1.51. The highest BCUT2D eigenvalue weighted by molar-refractivity contribution is 6.34. The number of amides is 1. The van der Waals surface area contributed by atoms with Crippen molar-refractivity contribution in [3.8, 4) is 0 Å². The van der Waals surface area contributed by atoms with Crippen molar-refractivity contribution in [2.75, 3.05) is 0 Å². The van der Waals surface area contributed by atoms with Crippen LogP contribution in [0.15, 0.2) is 59.8 Å². The Labute approximate surface area is 140 Å². The fourth-order valence-corrected chi connectivity index (χ4v) is 2.71. The normalized spacial score (nSPS) is 19.8. The van der Waals surface area contributed by atoms with Crippen LogP contribution in [0, 0.1) is 0 Å². The quantitative estimate of drug-likeness (QED) is 0.933. The molecule has 0 aliphatic carbocycles. The number of hydrogen-bond donors (Lipinski definition) is 1. The van der Waals surface area contributed by atoms with Gasteiger partial charge in [-0.05, 0) is 18.6 Å². The second kappa shape index (κ2) is 6.42. The molecule has 2 aromatic carbocycles. The molecule has 0 saturated heterocycles. The molecular formula is C18H17ClN2O2. The van der Waals surface area contributed by atoms with Crippen molar-refractivity contribution < 1.29 is 9.63 Å². The Morgan fingerprint density at radius 3 is 2.65 bits per heavy atom. The molecule has 0 aromatic heterocycles. The maximum absolute atomic E-state index is 12.5. The summed E-state index contributed by atoms with van der Waals surface area (Å²) in [6.45, 7) is 2.20. The Morgan fingerprint density at radius 1 is 1.22 bits per heavy atom. The first-order valence-electron chi connectivity index (χ1n) is 7.41. The van der Waals surface area contributed by atoms with Crippen LogP contribution in [0.5, 0.6) is 0 Å². The lowest BCUT2D eigenvalue weighted by Crippen LogP contribution is -2.44. The van der Waals surface area contributed by atoms with Crippen molar-refractivity contribution >= 4 is 23.2 Å². The molecule has 0 saturated carbocycles. The van der Waals surface area contributed by atoms with Gasteiger partial charge in [-0.25, -0.2) is 0 Å². The number of halogens is 1. The fraction of sp³-hybridized carbons (Fsp3) is 0.222. The van der Waals surface area contributed by atoms with Crippen LogP contribution < -0.4 is 5.32 Å². The van der Waals surface area contributed by atoms with Gasteiger partial charge >= 0.3 is 0 Å². The lowest BCUT2D eigenvalue weighted by Gasteiger charge is -2.20. The molecule has 23 heavy (non-hydrogen) atoms. The molecule has 1 N–H and O–H groups in total. The minimum atomic E-state index is -1.01. The maximum Gasteiger partial charge on any atom is 0.267 e. The van der Waals surface area contributed by atoms with E-state index >= 15 is 0 Å². The first kappa shape index (κ1) is 15.6. The van der Waals surface area contributed by atoms with Gasteiger partial charge in [0, 0.05) is 23.6 Å². The zero-order valence-electron chi connectivity index (χ0n) is 12.8. The number of carbonyl (C=O) groups is 1. The third-order valence-corrected chi connectivity index (χ3v) is 4.15. The van der Waals surface area contributed by atoms with E-state index in [0.717, 1.165) is 11.1 Å². The van der Waals surface area contributed by atoms with Gasteiger partial charge in [-0.15, -0.1) is 0 Å². The van der Waals surface area contributed by atoms with Gasteiger partial charge in [0.05, 0.1) is 5.71 Å². The van der Waals surface area contributed by atoms with Gasteiger partial charge in [0.25, 0.3) is 5.91 Å². The van der Waals surface area contributed by atoms with E-state index in [1.165, 1.54) is 0 Å². The van der Waals surface area contributed by atoms with Crippen LogP contribution in [0.4, 0.5) is 0 Å². The van der Waals surface area contributed by atoms with Crippen LogP contribution in [0.1, 0.15) is 24.5 Å². The third-order valence-electron chi connectivity index (χ3n) is 3.82. The smallest absolute Gasteiger partial charge is 0.267 e. The van der Waals surface area contributed by atoms with Crippen LogP contribution >= 0.6 is 11.6 Å². The van der Waals surface area contributed by atoms with E-state index < -0.39 is 5.60 Å². The molecule has 5 heteroatoms. The second-order valence-electron chi connectivity index (χ2n) is 5.69. The summed E-state index contributed by atoms with van der Waals surface area (Å²) in [5, 5.41) is 7.57. The SMILES string of the molecule is C[C@@]1(C(=O)NCc2ccccc2)CC(c2ccccc2Cl)=NO1. The third kappa shape index (κ3) is 3.37. The van der Waals surface area contributed by atoms with Crippen molar-refractivity contribution in [2.24, 2.45) is 5.16 Å². The first-order valence-corrected chi connectivity index (χ1v) is 7.78. The number of nitrogens with zero attached hydrogens (tertiary/aromatic N) is 1. The molecule has 0 spiro atoms. The molecule has 0 fully saturated rings. The molecule has 2 aromatic rings. The molecule has 3 rings (SSSR count). The Hall–Kier alpha value is -2.33. The minimum absolute atomic E-state index is 0.188. The number of carbonyl (C=O) groups excluding carboxylic acids is 1. The van der Waals surface area contributed by atoms with Gasteiger partial charge in [0.2, 0.25) is 5.60 Å². The molecule has 1 aliphatic rings. The number of rotatable bonds is 4. The predicted octanol–water partition coefficient (Wildman–Crippen LogP) is 3.54. The van der Waals surface area contributed by atoms with Crippen molar-refractivity contribution in [3.05, 3.63) is 70.7 Å². The van der Waals surface area contributed by atoms with E-state index in [2.05, 4.69) is 10.5 Å². The van der Waals surface area contributed by atoms with Gasteiger partial charge in [0.1, 0.15) is 0 Å². The zero-order valence-corrected chi connectivity index (χ0v) is 13.5. The van der Waals surface area contributed by atoms with Crippen LogP contribution in [-0.4, -0.2) is 17.2 Å². The van der Waals surface area contributed by atoms with Crippen molar-refractivity contribution in [2.45, 2.75) is 25.5 Å². The summed E-state index contributed by atoms with van der Waals surface area (Å²) in [6, 6.07) is 17.2. The molecule has 0 unspecified atom stereocenters. The average Bonchev–Trinajstić information content (AvgIpc) is 2.97. The molecule has 4 nitrogen and oxygen atoms in total. The van der Waals surface area contributed by atoms with Gasteiger partial charge in [-0.3, -0.25) is 4.79 Å². The average molecular weight is 329 g/mol. The maximum atomic E-state index is 12.5. The van der Waals surface area contributed by atoms with Crippen LogP contribution in [0.25, 0.3) is 0 Å². The number of hydrogen-bond acceptors (Lipinski definition) is 3. The Morgan fingerprint density at radius 2 is 1.91 bits per heavy atom. The lowest BCUT2D eigenvalue weighted by atomic mass is 9.95. The Bertz CT molecular complexity index is 746. The van der Waals surface area contributed by atoms with E-state index in [4.69, 9.17) is 16.4 Å². The largest absolute Gasteiger partial charge is 0.379 e. The van der Waals surface area contributed by atoms with Crippen molar-refractivity contribution in [1.29, 1.82) is 0 Å². The monoisotopic (exact) mass is 328 g/mol. The van der Waals surface area contributed by atoms with E-state index in [1.807, 2.05) is 48.5 Å². The summed E-state index contributed by atoms with van der Waals surface area (Å²) < 4.78 is 0. The Kier molecular flexibility index (Phi) is 4.35. The van der Waals surface area contributed by atoms with Gasteiger partial charge < -0.3 is 10.2 Å². The van der Waals surface area contributed by atoms with E-state index in [0.29, 0.717) is 23.7 Å². The first-order chi connectivity index (χ1) is 11.1. The molecule has 1 heterocycles. The molecule has 1 amide bonds. The van der Waals surface area contributed by atoms with E-state index in [1.54, 1.807) is 13.0 Å². The second-order valence-corrected chi connectivity index (χ2v) is 6.09.